The Bertz CT molecular complexity index is 1140. The Hall–Kier alpha value is -3.11. The van der Waals surface area contributed by atoms with Crippen LogP contribution in [-0.2, 0) is 26.8 Å². The van der Waals surface area contributed by atoms with E-state index in [0.29, 0.717) is 17.1 Å². The Kier molecular flexibility index (Phi) is 6.91. The SMILES string of the molecule is CCc1nnc(NC(=O)c2ccccc2NC(=O)CS(=O)(=O)Cc2ccccc2)s1. The third-order valence-electron chi connectivity index (χ3n) is 4.02. The third-order valence-corrected chi connectivity index (χ3v) is 6.47. The number of anilines is 2. The quantitative estimate of drug-likeness (QED) is 0.552. The summed E-state index contributed by atoms with van der Waals surface area (Å²) in [6, 6.07) is 15.0. The lowest BCUT2D eigenvalue weighted by Crippen LogP contribution is -2.25. The Labute approximate surface area is 178 Å². The van der Waals surface area contributed by atoms with Gasteiger partial charge in [0.1, 0.15) is 10.8 Å². The Balaban J connectivity index is 1.67. The monoisotopic (exact) mass is 444 g/mol. The smallest absolute Gasteiger partial charge is 0.259 e. The van der Waals surface area contributed by atoms with Crippen molar-refractivity contribution in [1.29, 1.82) is 0 Å². The van der Waals surface area contributed by atoms with Gasteiger partial charge in [0.05, 0.1) is 17.0 Å². The van der Waals surface area contributed by atoms with Gasteiger partial charge in [-0.1, -0.05) is 60.7 Å². The molecule has 1 heterocycles. The van der Waals surface area contributed by atoms with E-state index in [-0.39, 0.29) is 17.0 Å². The first-order valence-electron chi connectivity index (χ1n) is 9.13. The molecule has 0 unspecified atom stereocenters. The number of carbonyl (C=O) groups excluding carboxylic acids is 2. The highest BCUT2D eigenvalue weighted by molar-refractivity contribution is 7.91. The molecule has 0 aliphatic rings. The van der Waals surface area contributed by atoms with Crippen LogP contribution in [0.25, 0.3) is 0 Å². The summed E-state index contributed by atoms with van der Waals surface area (Å²) >= 11 is 1.26. The molecule has 0 aliphatic heterocycles. The number of para-hydroxylation sites is 1. The molecule has 3 rings (SSSR count). The maximum Gasteiger partial charge on any atom is 0.259 e. The lowest BCUT2D eigenvalue weighted by atomic mass is 10.1. The van der Waals surface area contributed by atoms with E-state index in [4.69, 9.17) is 0 Å². The molecule has 2 N–H and O–H groups in total. The molecule has 1 aromatic heterocycles. The van der Waals surface area contributed by atoms with Gasteiger partial charge in [-0.3, -0.25) is 14.9 Å². The van der Waals surface area contributed by atoms with Gasteiger partial charge < -0.3 is 5.32 Å². The zero-order valence-corrected chi connectivity index (χ0v) is 17.8. The number of carbonyl (C=O) groups is 2. The van der Waals surface area contributed by atoms with Crippen LogP contribution in [0.2, 0.25) is 0 Å². The largest absolute Gasteiger partial charge is 0.324 e. The molecule has 2 amide bonds. The lowest BCUT2D eigenvalue weighted by Gasteiger charge is -2.11. The molecule has 0 spiro atoms. The van der Waals surface area contributed by atoms with E-state index in [1.165, 1.54) is 23.5 Å². The zero-order valence-electron chi connectivity index (χ0n) is 16.2. The minimum Gasteiger partial charge on any atom is -0.324 e. The van der Waals surface area contributed by atoms with E-state index in [9.17, 15) is 18.0 Å². The normalized spacial score (nSPS) is 11.1. The van der Waals surface area contributed by atoms with E-state index in [2.05, 4.69) is 20.8 Å². The third kappa shape index (κ3) is 5.94. The van der Waals surface area contributed by atoms with Crippen molar-refractivity contribution in [2.45, 2.75) is 19.1 Å². The Morgan fingerprint density at radius 1 is 0.967 bits per heavy atom. The number of nitrogens with zero attached hydrogens (tertiary/aromatic N) is 2. The summed E-state index contributed by atoms with van der Waals surface area (Å²) in [5, 5.41) is 14.2. The molecule has 2 aromatic carbocycles. The van der Waals surface area contributed by atoms with Crippen LogP contribution < -0.4 is 10.6 Å². The van der Waals surface area contributed by atoms with Crippen molar-refractivity contribution in [2.75, 3.05) is 16.4 Å². The molecule has 0 saturated heterocycles. The first-order valence-corrected chi connectivity index (χ1v) is 11.8. The van der Waals surface area contributed by atoms with Crippen molar-refractivity contribution in [3.63, 3.8) is 0 Å². The van der Waals surface area contributed by atoms with Gasteiger partial charge in [-0.25, -0.2) is 8.42 Å². The van der Waals surface area contributed by atoms with Crippen molar-refractivity contribution in [3.05, 3.63) is 70.7 Å². The minimum absolute atomic E-state index is 0.194. The Morgan fingerprint density at radius 2 is 1.67 bits per heavy atom. The first-order chi connectivity index (χ1) is 14.4. The summed E-state index contributed by atoms with van der Waals surface area (Å²) < 4.78 is 24.7. The second-order valence-electron chi connectivity index (χ2n) is 6.42. The summed E-state index contributed by atoms with van der Waals surface area (Å²) in [4.78, 5) is 24.9. The van der Waals surface area contributed by atoms with Crippen molar-refractivity contribution in [3.8, 4) is 0 Å². The molecular formula is C20H20N4O4S2. The van der Waals surface area contributed by atoms with Crippen LogP contribution in [0, 0.1) is 0 Å². The minimum atomic E-state index is -3.66. The average Bonchev–Trinajstić information content (AvgIpc) is 3.15. The van der Waals surface area contributed by atoms with Crippen LogP contribution in [0.4, 0.5) is 10.8 Å². The van der Waals surface area contributed by atoms with Gasteiger partial charge in [-0.15, -0.1) is 10.2 Å². The predicted molar refractivity (Wildman–Crippen MR) is 116 cm³/mol. The van der Waals surface area contributed by atoms with Crippen molar-refractivity contribution in [2.24, 2.45) is 0 Å². The second-order valence-corrected chi connectivity index (χ2v) is 9.55. The van der Waals surface area contributed by atoms with Gasteiger partial charge in [-0.2, -0.15) is 0 Å². The van der Waals surface area contributed by atoms with E-state index in [1.54, 1.807) is 42.5 Å². The highest BCUT2D eigenvalue weighted by Gasteiger charge is 2.20. The fourth-order valence-electron chi connectivity index (χ4n) is 2.67. The highest BCUT2D eigenvalue weighted by atomic mass is 32.2. The van der Waals surface area contributed by atoms with Crippen molar-refractivity contribution in [1.82, 2.24) is 10.2 Å². The number of aromatic nitrogens is 2. The van der Waals surface area contributed by atoms with Gasteiger partial charge in [0, 0.05) is 0 Å². The highest BCUT2D eigenvalue weighted by Crippen LogP contribution is 2.20. The number of benzene rings is 2. The maximum atomic E-state index is 12.6. The Morgan fingerprint density at radius 3 is 2.37 bits per heavy atom. The second kappa shape index (κ2) is 9.59. The number of rotatable bonds is 8. The van der Waals surface area contributed by atoms with Crippen molar-refractivity contribution >= 4 is 43.8 Å². The van der Waals surface area contributed by atoms with Gasteiger partial charge in [0.25, 0.3) is 5.91 Å². The van der Waals surface area contributed by atoms with Gasteiger partial charge in [0.2, 0.25) is 11.0 Å². The predicted octanol–water partition coefficient (Wildman–Crippen LogP) is 2.91. The molecule has 10 heteroatoms. The topological polar surface area (TPSA) is 118 Å². The van der Waals surface area contributed by atoms with Crippen LogP contribution in [0.5, 0.6) is 0 Å². The number of hydrogen-bond acceptors (Lipinski definition) is 7. The molecule has 30 heavy (non-hydrogen) atoms. The van der Waals surface area contributed by atoms with Crippen LogP contribution in [0.15, 0.2) is 54.6 Å². The maximum absolute atomic E-state index is 12.6. The molecule has 8 nitrogen and oxygen atoms in total. The van der Waals surface area contributed by atoms with Gasteiger partial charge in [-0.05, 0) is 24.1 Å². The molecule has 0 aliphatic carbocycles. The summed E-state index contributed by atoms with van der Waals surface area (Å²) in [5.41, 5.74) is 1.02. The molecule has 156 valence electrons. The van der Waals surface area contributed by atoms with Crippen molar-refractivity contribution < 1.29 is 18.0 Å². The summed E-state index contributed by atoms with van der Waals surface area (Å²) in [7, 11) is -3.66. The van der Waals surface area contributed by atoms with Crippen LogP contribution in [-0.4, -0.2) is 36.2 Å². The number of hydrogen-bond donors (Lipinski definition) is 2. The molecular weight excluding hydrogens is 424 g/mol. The van der Waals surface area contributed by atoms with Crippen LogP contribution in [0.1, 0.15) is 27.9 Å². The molecule has 0 atom stereocenters. The average molecular weight is 445 g/mol. The number of amides is 2. The summed E-state index contributed by atoms with van der Waals surface area (Å²) in [6.07, 6.45) is 0.706. The number of sulfone groups is 1. The van der Waals surface area contributed by atoms with E-state index < -0.39 is 27.4 Å². The van der Waals surface area contributed by atoms with Gasteiger partial charge in [0.15, 0.2) is 9.84 Å². The first kappa shape index (κ1) is 21.6. The van der Waals surface area contributed by atoms with Crippen LogP contribution >= 0.6 is 11.3 Å². The fourth-order valence-corrected chi connectivity index (χ4v) is 4.62. The van der Waals surface area contributed by atoms with Gasteiger partial charge >= 0.3 is 0 Å². The van der Waals surface area contributed by atoms with E-state index in [1.807, 2.05) is 6.92 Å². The molecule has 3 aromatic rings. The summed E-state index contributed by atoms with van der Waals surface area (Å²) in [6.45, 7) is 1.93. The van der Waals surface area contributed by atoms with E-state index >= 15 is 0 Å². The fraction of sp³-hybridized carbons (Fsp3) is 0.200. The molecule has 0 fully saturated rings. The van der Waals surface area contributed by atoms with E-state index in [0.717, 1.165) is 5.01 Å². The molecule has 0 saturated carbocycles. The number of nitrogens with one attached hydrogen (secondary N) is 2. The summed E-state index contributed by atoms with van der Waals surface area (Å²) in [5.74, 6) is -2.11. The molecule has 0 bridgehead atoms. The standard InChI is InChI=1S/C20H20N4O4S2/c1-2-18-23-24-20(29-18)22-19(26)15-10-6-7-11-16(15)21-17(25)13-30(27,28)12-14-8-4-3-5-9-14/h3-11H,2,12-13H2,1H3,(H,21,25)(H,22,24,26). The zero-order chi connectivity index (χ0) is 21.6. The van der Waals surface area contributed by atoms with Crippen LogP contribution in [0.3, 0.4) is 0 Å². The lowest BCUT2D eigenvalue weighted by molar-refractivity contribution is -0.113. The molecule has 0 radical (unpaired) electrons. The number of aryl methyl sites for hydroxylation is 1.